The highest BCUT2D eigenvalue weighted by Gasteiger charge is 2.22. The number of aromatic amines is 1. The van der Waals surface area contributed by atoms with E-state index in [1.165, 1.54) is 4.90 Å². The highest BCUT2D eigenvalue weighted by molar-refractivity contribution is 5.86. The van der Waals surface area contributed by atoms with Crippen LogP contribution in [0, 0.1) is 0 Å². The summed E-state index contributed by atoms with van der Waals surface area (Å²) in [5, 5.41) is 3.71. The van der Waals surface area contributed by atoms with Gasteiger partial charge in [-0.2, -0.15) is 0 Å². The third kappa shape index (κ3) is 8.26. The Kier molecular flexibility index (Phi) is 11.0. The summed E-state index contributed by atoms with van der Waals surface area (Å²) in [5.41, 5.74) is 3.15. The minimum atomic E-state index is -0.512. The molecule has 0 atom stereocenters. The normalized spacial score (nSPS) is 10.7. The molecule has 0 radical (unpaired) electrons. The second kappa shape index (κ2) is 14.7. The van der Waals surface area contributed by atoms with Gasteiger partial charge in [0.25, 0.3) is 0 Å². The number of H-pyrrole nitrogens is 1. The molecule has 0 unspecified atom stereocenters. The molecule has 0 saturated carbocycles. The Hall–Kier alpha value is -4.01. The van der Waals surface area contributed by atoms with Crippen LogP contribution in [0.1, 0.15) is 37.8 Å². The fraction of sp³-hybridized carbons (Fsp3) is 0.414. The number of carbonyl (C=O) groups excluding carboxylic acids is 3. The van der Waals surface area contributed by atoms with E-state index in [4.69, 9.17) is 9.47 Å². The Balaban J connectivity index is 1.74. The SMILES string of the molecule is CCCCN(CC(=O)N(CCc1c[nH]c2ccccc12)Cc1ccc(OC)cc1)C(=O)NCC(=O)OCC. The van der Waals surface area contributed by atoms with Crippen LogP contribution in [0.15, 0.2) is 54.7 Å². The lowest BCUT2D eigenvalue weighted by Gasteiger charge is -2.28. The van der Waals surface area contributed by atoms with Gasteiger partial charge in [0.15, 0.2) is 0 Å². The lowest BCUT2D eigenvalue weighted by Crippen LogP contribution is -2.48. The summed E-state index contributed by atoms with van der Waals surface area (Å²) in [7, 11) is 1.61. The van der Waals surface area contributed by atoms with Crippen LogP contribution in [0.25, 0.3) is 10.9 Å². The maximum Gasteiger partial charge on any atom is 0.325 e. The molecule has 2 N–H and O–H groups in total. The third-order valence-corrected chi connectivity index (χ3v) is 6.30. The first kappa shape index (κ1) is 28.6. The fourth-order valence-corrected chi connectivity index (χ4v) is 4.17. The molecule has 0 bridgehead atoms. The van der Waals surface area contributed by atoms with Gasteiger partial charge in [-0.05, 0) is 49.1 Å². The van der Waals surface area contributed by atoms with E-state index in [1.807, 2.05) is 55.6 Å². The molecule has 3 aromatic rings. The van der Waals surface area contributed by atoms with Crippen LogP contribution in [0.2, 0.25) is 0 Å². The van der Waals surface area contributed by atoms with E-state index in [1.54, 1.807) is 18.9 Å². The number of amides is 3. The number of rotatable bonds is 14. The van der Waals surface area contributed by atoms with Gasteiger partial charge in [0, 0.05) is 36.7 Å². The Morgan fingerprint density at radius 2 is 1.74 bits per heavy atom. The number of methoxy groups -OCH3 is 1. The number of fused-ring (bicyclic) bond motifs is 1. The number of aromatic nitrogens is 1. The monoisotopic (exact) mass is 522 g/mol. The molecule has 0 spiro atoms. The Morgan fingerprint density at radius 3 is 2.45 bits per heavy atom. The van der Waals surface area contributed by atoms with Crippen LogP contribution in [0.5, 0.6) is 5.75 Å². The van der Waals surface area contributed by atoms with Crippen molar-refractivity contribution in [3.63, 3.8) is 0 Å². The van der Waals surface area contributed by atoms with Crippen LogP contribution >= 0.6 is 0 Å². The van der Waals surface area contributed by atoms with Gasteiger partial charge in [0.2, 0.25) is 5.91 Å². The minimum Gasteiger partial charge on any atom is -0.497 e. The standard InChI is InChI=1S/C29H38N4O5/c1-4-6-16-33(29(36)31-19-28(35)38-5-2)21-27(34)32(20-22-11-13-24(37-3)14-12-22)17-15-23-18-30-26-10-8-7-9-25(23)26/h7-14,18,30H,4-6,15-17,19-21H2,1-3H3,(H,31,36). The molecule has 38 heavy (non-hydrogen) atoms. The smallest absolute Gasteiger partial charge is 0.325 e. The zero-order valence-corrected chi connectivity index (χ0v) is 22.5. The van der Waals surface area contributed by atoms with Crippen molar-refractivity contribution in [1.82, 2.24) is 20.1 Å². The van der Waals surface area contributed by atoms with Gasteiger partial charge in [0.05, 0.1) is 13.7 Å². The average Bonchev–Trinajstić information content (AvgIpc) is 3.35. The van der Waals surface area contributed by atoms with Crippen molar-refractivity contribution in [3.05, 3.63) is 65.9 Å². The van der Waals surface area contributed by atoms with Crippen molar-refractivity contribution in [2.75, 3.05) is 39.9 Å². The number of carbonyl (C=O) groups is 3. The number of hydrogen-bond acceptors (Lipinski definition) is 5. The molecule has 0 aliphatic carbocycles. The lowest BCUT2D eigenvalue weighted by atomic mass is 10.1. The highest BCUT2D eigenvalue weighted by atomic mass is 16.5. The second-order valence-electron chi connectivity index (χ2n) is 9.01. The summed E-state index contributed by atoms with van der Waals surface area (Å²) in [5.74, 6) is 0.0694. The molecule has 204 valence electrons. The molecule has 1 aromatic heterocycles. The van der Waals surface area contributed by atoms with Gasteiger partial charge >= 0.3 is 12.0 Å². The van der Waals surface area contributed by atoms with E-state index in [9.17, 15) is 14.4 Å². The molecular weight excluding hydrogens is 484 g/mol. The molecule has 0 aliphatic rings. The summed E-state index contributed by atoms with van der Waals surface area (Å²) in [6, 6.07) is 15.2. The largest absolute Gasteiger partial charge is 0.497 e. The van der Waals surface area contributed by atoms with Gasteiger partial charge in [-0.3, -0.25) is 9.59 Å². The van der Waals surface area contributed by atoms with Crippen LogP contribution in [0.3, 0.4) is 0 Å². The first-order chi connectivity index (χ1) is 18.4. The average molecular weight is 523 g/mol. The zero-order valence-electron chi connectivity index (χ0n) is 22.5. The molecule has 0 aliphatic heterocycles. The van der Waals surface area contributed by atoms with Crippen molar-refractivity contribution in [3.8, 4) is 5.75 Å². The summed E-state index contributed by atoms with van der Waals surface area (Å²) < 4.78 is 10.2. The van der Waals surface area contributed by atoms with Crippen molar-refractivity contribution < 1.29 is 23.9 Å². The van der Waals surface area contributed by atoms with Gasteiger partial charge in [-0.25, -0.2) is 4.79 Å². The van der Waals surface area contributed by atoms with Crippen molar-refractivity contribution in [2.24, 2.45) is 0 Å². The highest BCUT2D eigenvalue weighted by Crippen LogP contribution is 2.19. The van der Waals surface area contributed by atoms with E-state index in [0.29, 0.717) is 26.1 Å². The fourth-order valence-electron chi connectivity index (χ4n) is 4.17. The number of nitrogens with one attached hydrogen (secondary N) is 2. The van der Waals surface area contributed by atoms with E-state index in [2.05, 4.69) is 16.4 Å². The van der Waals surface area contributed by atoms with Crippen molar-refractivity contribution in [2.45, 2.75) is 39.7 Å². The Labute approximate surface area is 224 Å². The number of nitrogens with zero attached hydrogens (tertiary/aromatic N) is 2. The van der Waals surface area contributed by atoms with Crippen LogP contribution < -0.4 is 10.1 Å². The number of hydrogen-bond donors (Lipinski definition) is 2. The maximum absolute atomic E-state index is 13.6. The third-order valence-electron chi connectivity index (χ3n) is 6.30. The van der Waals surface area contributed by atoms with Crippen LogP contribution in [-0.2, 0) is 27.3 Å². The molecule has 9 nitrogen and oxygen atoms in total. The van der Waals surface area contributed by atoms with E-state index >= 15 is 0 Å². The summed E-state index contributed by atoms with van der Waals surface area (Å²) in [4.78, 5) is 44.7. The molecular formula is C29H38N4O5. The molecule has 1 heterocycles. The first-order valence-electron chi connectivity index (χ1n) is 13.1. The van der Waals surface area contributed by atoms with E-state index < -0.39 is 12.0 Å². The summed E-state index contributed by atoms with van der Waals surface area (Å²) in [6.45, 7) is 4.95. The molecule has 0 saturated heterocycles. The molecule has 0 fully saturated rings. The number of esters is 1. The molecule has 3 rings (SSSR count). The first-order valence-corrected chi connectivity index (χ1v) is 13.1. The zero-order chi connectivity index (χ0) is 27.3. The lowest BCUT2D eigenvalue weighted by molar-refractivity contribution is -0.141. The molecule has 2 aromatic carbocycles. The minimum absolute atomic E-state index is 0.0846. The maximum atomic E-state index is 13.6. The second-order valence-corrected chi connectivity index (χ2v) is 9.01. The van der Waals surface area contributed by atoms with Gasteiger partial charge < -0.3 is 29.6 Å². The van der Waals surface area contributed by atoms with Crippen molar-refractivity contribution in [1.29, 1.82) is 0 Å². The molecule has 3 amide bonds. The number of benzene rings is 2. The van der Waals surface area contributed by atoms with Crippen LogP contribution in [0.4, 0.5) is 4.79 Å². The van der Waals surface area contributed by atoms with Crippen molar-refractivity contribution >= 4 is 28.8 Å². The van der Waals surface area contributed by atoms with Gasteiger partial charge in [-0.1, -0.05) is 43.7 Å². The van der Waals surface area contributed by atoms with E-state index in [-0.39, 0.29) is 25.6 Å². The number of para-hydroxylation sites is 1. The summed E-state index contributed by atoms with van der Waals surface area (Å²) in [6.07, 6.45) is 4.26. The quantitative estimate of drug-likeness (QED) is 0.310. The van der Waals surface area contributed by atoms with Gasteiger partial charge in [-0.15, -0.1) is 0 Å². The summed E-state index contributed by atoms with van der Waals surface area (Å²) >= 11 is 0. The van der Waals surface area contributed by atoms with Gasteiger partial charge in [0.1, 0.15) is 18.8 Å². The predicted octanol–water partition coefficient (Wildman–Crippen LogP) is 4.12. The topological polar surface area (TPSA) is 104 Å². The Bertz CT molecular complexity index is 1190. The Morgan fingerprint density at radius 1 is 0.974 bits per heavy atom. The predicted molar refractivity (Wildman–Crippen MR) is 147 cm³/mol. The number of urea groups is 1. The number of unbranched alkanes of at least 4 members (excludes halogenated alkanes) is 1. The van der Waals surface area contributed by atoms with Crippen LogP contribution in [-0.4, -0.2) is 72.6 Å². The molecule has 9 heteroatoms. The van der Waals surface area contributed by atoms with E-state index in [0.717, 1.165) is 40.6 Å². The number of ether oxygens (including phenoxy) is 2.